The largest absolute Gasteiger partial charge is 0.284 e. The minimum Gasteiger partial charge on any atom is -0.284 e. The summed E-state index contributed by atoms with van der Waals surface area (Å²) in [5.41, 5.74) is 1.17. The third kappa shape index (κ3) is 1.18. The van der Waals surface area contributed by atoms with Gasteiger partial charge in [-0.1, -0.05) is 24.3 Å². The van der Waals surface area contributed by atoms with Gasteiger partial charge in [-0.15, -0.1) is 0 Å². The molecule has 2 N–H and O–H groups in total. The maximum Gasteiger partial charge on any atom is 0.103 e. The van der Waals surface area contributed by atoms with Crippen molar-refractivity contribution in [2.45, 2.75) is 0 Å². The van der Waals surface area contributed by atoms with Gasteiger partial charge in [0.05, 0.1) is 0 Å². The van der Waals surface area contributed by atoms with Crippen molar-refractivity contribution in [1.82, 2.24) is 0 Å². The maximum atomic E-state index is 9.79. The van der Waals surface area contributed by atoms with Crippen LogP contribution in [-0.2, 0) is 0 Å². The van der Waals surface area contributed by atoms with E-state index in [4.69, 9.17) is 0 Å². The van der Waals surface area contributed by atoms with Crippen LogP contribution in [0.1, 0.15) is 0 Å². The topological polar surface area (TPSA) is 46.9 Å². The second kappa shape index (κ2) is 3.23. The van der Waals surface area contributed by atoms with Crippen molar-refractivity contribution in [1.29, 1.82) is 0 Å². The number of anilines is 2. The summed E-state index contributed by atoms with van der Waals surface area (Å²) in [7, 11) is 0. The van der Waals surface area contributed by atoms with Crippen molar-refractivity contribution in [3.05, 3.63) is 47.1 Å². The Morgan fingerprint density at radius 2 is 1.19 bits per heavy atom. The first-order chi connectivity index (χ1) is 7.77. The van der Waals surface area contributed by atoms with Crippen LogP contribution in [0.25, 0.3) is 12.2 Å². The van der Waals surface area contributed by atoms with E-state index >= 15 is 0 Å². The van der Waals surface area contributed by atoms with Crippen LogP contribution in [-0.4, -0.2) is 10.4 Å². The Hall–Kier alpha value is -2.04. The third-order valence-electron chi connectivity index (χ3n) is 2.68. The molecule has 0 saturated heterocycles. The van der Waals surface area contributed by atoms with Gasteiger partial charge in [0.2, 0.25) is 0 Å². The number of hydroxylamine groups is 2. The van der Waals surface area contributed by atoms with Crippen LogP contribution in [0.3, 0.4) is 0 Å². The highest BCUT2D eigenvalue weighted by atomic mass is 16.5. The minimum atomic E-state index is 0.586. The zero-order valence-corrected chi connectivity index (χ0v) is 8.41. The molecule has 16 heavy (non-hydrogen) atoms. The summed E-state index contributed by atoms with van der Waals surface area (Å²) in [5.74, 6) is 0. The van der Waals surface area contributed by atoms with E-state index in [0.717, 1.165) is 20.6 Å². The monoisotopic (exact) mass is 214 g/mol. The predicted octanol–water partition coefficient (Wildman–Crippen LogP) is 0.693. The van der Waals surface area contributed by atoms with Gasteiger partial charge in [0, 0.05) is 22.8 Å². The second-order valence-corrected chi connectivity index (χ2v) is 3.65. The van der Waals surface area contributed by atoms with Gasteiger partial charge in [-0.3, -0.25) is 10.4 Å². The molecule has 0 spiro atoms. The zero-order valence-electron chi connectivity index (χ0n) is 8.41. The second-order valence-electron chi connectivity index (χ2n) is 3.65. The molecule has 0 saturated carbocycles. The van der Waals surface area contributed by atoms with E-state index in [0.29, 0.717) is 11.4 Å². The van der Waals surface area contributed by atoms with Crippen molar-refractivity contribution in [3.63, 3.8) is 0 Å². The molecular weight excluding hydrogens is 204 g/mol. The molecule has 2 aliphatic heterocycles. The Balaban J connectivity index is 2.41. The van der Waals surface area contributed by atoms with Crippen molar-refractivity contribution in [2.24, 2.45) is 0 Å². The molecule has 1 aromatic carbocycles. The number of benzene rings is 1. The first-order valence-electron chi connectivity index (χ1n) is 4.93. The normalized spacial score (nSPS) is 16.4. The molecule has 0 radical (unpaired) electrons. The highest BCUT2D eigenvalue weighted by Crippen LogP contribution is 2.23. The molecule has 0 amide bonds. The molecule has 0 atom stereocenters. The number of allylic oxidation sites excluding steroid dienone is 2. The summed E-state index contributed by atoms with van der Waals surface area (Å²) in [6, 6.07) is 3.81. The van der Waals surface area contributed by atoms with Crippen LogP contribution in [0, 0.1) is 0 Å². The van der Waals surface area contributed by atoms with Crippen molar-refractivity contribution in [2.75, 3.05) is 10.1 Å². The Labute approximate surface area is 91.9 Å². The van der Waals surface area contributed by atoms with Gasteiger partial charge >= 0.3 is 0 Å². The minimum absolute atomic E-state index is 0.586. The predicted molar refractivity (Wildman–Crippen MR) is 61.4 cm³/mol. The maximum absolute atomic E-state index is 9.79. The summed E-state index contributed by atoms with van der Waals surface area (Å²) < 4.78 is 0. The molecular formula is C12H10N2O2. The smallest absolute Gasteiger partial charge is 0.103 e. The summed E-state index contributed by atoms with van der Waals surface area (Å²) in [6.07, 6.45) is 10.3. The van der Waals surface area contributed by atoms with E-state index in [9.17, 15) is 10.4 Å². The van der Waals surface area contributed by atoms with Gasteiger partial charge in [0.1, 0.15) is 11.4 Å². The first-order valence-corrected chi connectivity index (χ1v) is 4.93. The molecule has 4 heteroatoms. The number of hydrogen-bond donors (Lipinski definition) is 2. The summed E-state index contributed by atoms with van der Waals surface area (Å²) in [6.45, 7) is 0. The van der Waals surface area contributed by atoms with Gasteiger partial charge in [0.25, 0.3) is 0 Å². The molecule has 3 rings (SSSR count). The van der Waals surface area contributed by atoms with E-state index in [2.05, 4.69) is 0 Å². The molecule has 80 valence electrons. The summed E-state index contributed by atoms with van der Waals surface area (Å²) in [4.78, 5) is 0. The van der Waals surface area contributed by atoms with Gasteiger partial charge in [-0.2, -0.15) is 0 Å². The highest BCUT2D eigenvalue weighted by molar-refractivity contribution is 5.78. The molecule has 0 fully saturated rings. The Morgan fingerprint density at radius 3 is 1.62 bits per heavy atom. The van der Waals surface area contributed by atoms with E-state index in [1.54, 1.807) is 12.2 Å². The van der Waals surface area contributed by atoms with Crippen LogP contribution >= 0.6 is 0 Å². The van der Waals surface area contributed by atoms with Crippen LogP contribution in [0.4, 0.5) is 11.4 Å². The third-order valence-corrected chi connectivity index (χ3v) is 2.68. The van der Waals surface area contributed by atoms with Gasteiger partial charge in [-0.05, 0) is 12.2 Å². The van der Waals surface area contributed by atoms with Crippen LogP contribution in [0.15, 0.2) is 36.7 Å². The lowest BCUT2D eigenvalue weighted by molar-refractivity contribution is 0.280. The van der Waals surface area contributed by atoms with Gasteiger partial charge < -0.3 is 0 Å². The quantitative estimate of drug-likeness (QED) is 0.667. The SMILES string of the molecule is ON1C=CC=c2ccc3c(c21)N(O)C=CC=3. The van der Waals surface area contributed by atoms with Crippen molar-refractivity contribution in [3.8, 4) is 0 Å². The van der Waals surface area contributed by atoms with Gasteiger partial charge in [0.15, 0.2) is 0 Å². The fraction of sp³-hybridized carbons (Fsp3) is 0. The van der Waals surface area contributed by atoms with Crippen molar-refractivity contribution < 1.29 is 10.4 Å². The zero-order chi connectivity index (χ0) is 11.1. The average Bonchev–Trinajstić information content (AvgIpc) is 2.29. The van der Waals surface area contributed by atoms with E-state index < -0.39 is 0 Å². The molecule has 0 aliphatic carbocycles. The lowest BCUT2D eigenvalue weighted by atomic mass is 10.1. The molecule has 0 bridgehead atoms. The molecule has 2 heterocycles. The lowest BCUT2D eigenvalue weighted by Gasteiger charge is -2.24. The summed E-state index contributed by atoms with van der Waals surface area (Å²) >= 11 is 0. The number of fused-ring (bicyclic) bond motifs is 3. The standard InChI is InChI=1S/C12H10N2O2/c15-13-7-1-3-9-5-6-10-4-2-8-14(16)12(10)11(9)13/h1-8,15-16H. The van der Waals surface area contributed by atoms with E-state index in [1.807, 2.05) is 24.3 Å². The first kappa shape index (κ1) is 9.21. The fourth-order valence-electron chi connectivity index (χ4n) is 1.97. The summed E-state index contributed by atoms with van der Waals surface area (Å²) in [5, 5.41) is 23.3. The number of rotatable bonds is 0. The molecule has 4 nitrogen and oxygen atoms in total. The molecule has 2 aliphatic rings. The Kier molecular flexibility index (Phi) is 1.86. The van der Waals surface area contributed by atoms with Crippen molar-refractivity contribution >= 4 is 23.5 Å². The van der Waals surface area contributed by atoms with Crippen LogP contribution < -0.4 is 20.6 Å². The lowest BCUT2D eigenvalue weighted by Crippen LogP contribution is -2.31. The number of nitrogens with zero attached hydrogens (tertiary/aromatic N) is 2. The average molecular weight is 214 g/mol. The van der Waals surface area contributed by atoms with Crippen LogP contribution in [0.2, 0.25) is 0 Å². The van der Waals surface area contributed by atoms with E-state index in [-0.39, 0.29) is 0 Å². The Morgan fingerprint density at radius 1 is 0.750 bits per heavy atom. The van der Waals surface area contributed by atoms with E-state index in [1.165, 1.54) is 12.4 Å². The molecule has 1 aromatic rings. The Bertz CT molecular complexity index is 562. The van der Waals surface area contributed by atoms with Gasteiger partial charge in [-0.25, -0.2) is 10.1 Å². The molecule has 0 unspecified atom stereocenters. The fourth-order valence-corrected chi connectivity index (χ4v) is 1.97. The number of hydrogen-bond acceptors (Lipinski definition) is 4. The molecule has 0 aromatic heterocycles. The van der Waals surface area contributed by atoms with Crippen LogP contribution in [0.5, 0.6) is 0 Å². The highest BCUT2D eigenvalue weighted by Gasteiger charge is 2.17.